The number of hydrogen-bond acceptors (Lipinski definition) is 3. The van der Waals surface area contributed by atoms with Gasteiger partial charge in [-0.05, 0) is 31.9 Å². The summed E-state index contributed by atoms with van der Waals surface area (Å²) in [6.07, 6.45) is -3.30. The van der Waals surface area contributed by atoms with E-state index in [1.165, 1.54) is 6.07 Å². The Kier molecular flexibility index (Phi) is 7.01. The van der Waals surface area contributed by atoms with Gasteiger partial charge in [-0.25, -0.2) is 4.68 Å². The van der Waals surface area contributed by atoms with Gasteiger partial charge < -0.3 is 11.1 Å². The quantitative estimate of drug-likeness (QED) is 0.842. The van der Waals surface area contributed by atoms with Crippen LogP contribution < -0.4 is 11.1 Å². The van der Waals surface area contributed by atoms with Crippen LogP contribution in [0.1, 0.15) is 35.0 Å². The summed E-state index contributed by atoms with van der Waals surface area (Å²) in [7, 11) is 0. The highest BCUT2D eigenvalue weighted by molar-refractivity contribution is 5.95. The number of alkyl halides is 3. The number of para-hydroxylation sites is 1. The van der Waals surface area contributed by atoms with Gasteiger partial charge in [0.15, 0.2) is 5.69 Å². The van der Waals surface area contributed by atoms with Gasteiger partial charge in [0, 0.05) is 12.6 Å². The van der Waals surface area contributed by atoms with Gasteiger partial charge in [-0.2, -0.15) is 18.3 Å². The lowest BCUT2D eigenvalue weighted by molar-refractivity contribution is -0.143. The van der Waals surface area contributed by atoms with Gasteiger partial charge in [-0.15, -0.1) is 12.4 Å². The topological polar surface area (TPSA) is 72.9 Å². The van der Waals surface area contributed by atoms with Crippen LogP contribution in [0.2, 0.25) is 0 Å². The number of nitrogens with two attached hydrogens (primary N) is 1. The minimum absolute atomic E-state index is 0. The second-order valence-corrected chi connectivity index (χ2v) is 5.62. The van der Waals surface area contributed by atoms with E-state index in [1.54, 1.807) is 32.0 Å². The number of halogens is 4. The molecular formula is C16H20ClF3N4O. The van der Waals surface area contributed by atoms with Crippen molar-refractivity contribution in [3.63, 3.8) is 0 Å². The SMILES string of the molecule is Cc1ccccc1-n1ncc(C(=O)NCCC(C)N)c1C(F)(F)F.Cl. The third-order valence-electron chi connectivity index (χ3n) is 3.51. The van der Waals surface area contributed by atoms with Crippen molar-refractivity contribution in [1.82, 2.24) is 15.1 Å². The summed E-state index contributed by atoms with van der Waals surface area (Å²) in [4.78, 5) is 12.1. The van der Waals surface area contributed by atoms with Gasteiger partial charge in [0.05, 0.1) is 17.4 Å². The molecule has 2 aromatic rings. The van der Waals surface area contributed by atoms with Crippen LogP contribution in [-0.4, -0.2) is 28.3 Å². The molecule has 9 heteroatoms. The fourth-order valence-electron chi connectivity index (χ4n) is 2.28. The van der Waals surface area contributed by atoms with Crippen molar-refractivity contribution < 1.29 is 18.0 Å². The van der Waals surface area contributed by atoms with Gasteiger partial charge in [-0.3, -0.25) is 4.79 Å². The molecular weight excluding hydrogens is 357 g/mol. The first-order valence-corrected chi connectivity index (χ1v) is 7.46. The monoisotopic (exact) mass is 376 g/mol. The highest BCUT2D eigenvalue weighted by atomic mass is 35.5. The summed E-state index contributed by atoms with van der Waals surface area (Å²) in [5.74, 6) is -0.817. The molecule has 3 N–H and O–H groups in total. The average molecular weight is 377 g/mol. The Balaban J connectivity index is 0.00000312. The van der Waals surface area contributed by atoms with E-state index in [9.17, 15) is 18.0 Å². The van der Waals surface area contributed by atoms with Crippen LogP contribution in [0.3, 0.4) is 0 Å². The maximum Gasteiger partial charge on any atom is 0.434 e. The molecule has 1 aromatic heterocycles. The molecule has 0 saturated carbocycles. The Hall–Kier alpha value is -2.06. The van der Waals surface area contributed by atoms with Crippen molar-refractivity contribution >= 4 is 18.3 Å². The second kappa shape index (κ2) is 8.35. The van der Waals surface area contributed by atoms with E-state index < -0.39 is 23.3 Å². The molecule has 5 nitrogen and oxygen atoms in total. The molecule has 2 rings (SSSR count). The number of amides is 1. The largest absolute Gasteiger partial charge is 0.434 e. The van der Waals surface area contributed by atoms with Crippen LogP contribution in [0.4, 0.5) is 13.2 Å². The molecule has 0 radical (unpaired) electrons. The van der Waals surface area contributed by atoms with Crippen LogP contribution in [0.5, 0.6) is 0 Å². The number of aromatic nitrogens is 2. The number of hydrogen-bond donors (Lipinski definition) is 2. The lowest BCUT2D eigenvalue weighted by Gasteiger charge is -2.14. The van der Waals surface area contributed by atoms with Gasteiger partial charge in [0.2, 0.25) is 0 Å². The molecule has 1 heterocycles. The minimum Gasteiger partial charge on any atom is -0.352 e. The summed E-state index contributed by atoms with van der Waals surface area (Å²) in [6, 6.07) is 6.39. The number of aryl methyl sites for hydroxylation is 1. The first-order chi connectivity index (χ1) is 11.2. The molecule has 1 atom stereocenters. The molecule has 25 heavy (non-hydrogen) atoms. The van der Waals surface area contributed by atoms with E-state index in [4.69, 9.17) is 5.73 Å². The molecule has 0 aliphatic rings. The fraction of sp³-hybridized carbons (Fsp3) is 0.375. The lowest BCUT2D eigenvalue weighted by Crippen LogP contribution is -2.30. The Labute approximate surface area is 149 Å². The number of benzene rings is 1. The maximum atomic E-state index is 13.5. The molecule has 0 spiro atoms. The van der Waals surface area contributed by atoms with Crippen molar-refractivity contribution in [2.45, 2.75) is 32.5 Å². The predicted octanol–water partition coefficient (Wildman–Crippen LogP) is 3.09. The van der Waals surface area contributed by atoms with Crippen LogP contribution in [0, 0.1) is 6.92 Å². The molecule has 0 bridgehead atoms. The van der Waals surface area contributed by atoms with Gasteiger partial charge >= 0.3 is 6.18 Å². The van der Waals surface area contributed by atoms with E-state index in [-0.39, 0.29) is 30.7 Å². The molecule has 1 amide bonds. The molecule has 138 valence electrons. The fourth-order valence-corrected chi connectivity index (χ4v) is 2.28. The van der Waals surface area contributed by atoms with E-state index >= 15 is 0 Å². The summed E-state index contributed by atoms with van der Waals surface area (Å²) >= 11 is 0. The highest BCUT2D eigenvalue weighted by Gasteiger charge is 2.40. The Bertz CT molecular complexity index is 728. The average Bonchev–Trinajstić information content (AvgIpc) is 2.92. The van der Waals surface area contributed by atoms with Crippen molar-refractivity contribution in [3.05, 3.63) is 47.3 Å². The third kappa shape index (κ3) is 4.96. The summed E-state index contributed by atoms with van der Waals surface area (Å²) in [5.41, 5.74) is 4.87. The maximum absolute atomic E-state index is 13.5. The smallest absolute Gasteiger partial charge is 0.352 e. The highest BCUT2D eigenvalue weighted by Crippen LogP contribution is 2.34. The van der Waals surface area contributed by atoms with Crippen LogP contribution in [0.15, 0.2) is 30.5 Å². The summed E-state index contributed by atoms with van der Waals surface area (Å²) in [5, 5.41) is 6.24. The minimum atomic E-state index is -4.72. The standard InChI is InChI=1S/C16H19F3N4O.ClH/c1-10-5-3-4-6-13(10)23-14(16(17,18)19)12(9-22-23)15(24)21-8-7-11(2)20;/h3-6,9,11H,7-8,20H2,1-2H3,(H,21,24);1H. The van der Waals surface area contributed by atoms with Gasteiger partial charge in [-0.1, -0.05) is 18.2 Å². The molecule has 1 aromatic carbocycles. The molecule has 0 fully saturated rings. The van der Waals surface area contributed by atoms with Crippen molar-refractivity contribution in [2.24, 2.45) is 5.73 Å². The Morgan fingerprint density at radius 3 is 2.56 bits per heavy atom. The number of nitrogens with zero attached hydrogens (tertiary/aromatic N) is 2. The Morgan fingerprint density at radius 2 is 2.00 bits per heavy atom. The molecule has 0 aliphatic heterocycles. The number of carbonyl (C=O) groups is 1. The first-order valence-electron chi connectivity index (χ1n) is 7.46. The van der Waals surface area contributed by atoms with Gasteiger partial charge in [0.25, 0.3) is 5.91 Å². The van der Waals surface area contributed by atoms with E-state index in [1.807, 2.05) is 0 Å². The number of rotatable bonds is 5. The van der Waals surface area contributed by atoms with Crippen LogP contribution in [-0.2, 0) is 6.18 Å². The van der Waals surface area contributed by atoms with Crippen LogP contribution >= 0.6 is 12.4 Å². The zero-order valence-electron chi connectivity index (χ0n) is 13.8. The summed E-state index contributed by atoms with van der Waals surface area (Å²) < 4.78 is 41.3. The lowest BCUT2D eigenvalue weighted by atomic mass is 10.1. The van der Waals surface area contributed by atoms with Crippen molar-refractivity contribution in [3.8, 4) is 5.69 Å². The molecule has 1 unspecified atom stereocenters. The van der Waals surface area contributed by atoms with Gasteiger partial charge in [0.1, 0.15) is 0 Å². The van der Waals surface area contributed by atoms with E-state index in [0.29, 0.717) is 12.0 Å². The normalized spacial score (nSPS) is 12.4. The van der Waals surface area contributed by atoms with Crippen molar-refractivity contribution in [1.29, 1.82) is 0 Å². The Morgan fingerprint density at radius 1 is 1.36 bits per heavy atom. The first kappa shape index (κ1) is 21.0. The van der Waals surface area contributed by atoms with Crippen molar-refractivity contribution in [2.75, 3.05) is 6.54 Å². The number of nitrogens with one attached hydrogen (secondary N) is 1. The second-order valence-electron chi connectivity index (χ2n) is 5.62. The zero-order chi connectivity index (χ0) is 17.9. The zero-order valence-corrected chi connectivity index (χ0v) is 14.6. The van der Waals surface area contributed by atoms with Crippen LogP contribution in [0.25, 0.3) is 5.69 Å². The van der Waals surface area contributed by atoms with E-state index in [0.717, 1.165) is 10.9 Å². The number of carbonyl (C=O) groups excluding carboxylic acids is 1. The summed E-state index contributed by atoms with van der Waals surface area (Å²) in [6.45, 7) is 3.63. The third-order valence-corrected chi connectivity index (χ3v) is 3.51. The molecule has 0 aliphatic carbocycles. The molecule has 0 saturated heterocycles. The predicted molar refractivity (Wildman–Crippen MR) is 91.2 cm³/mol. The van der Waals surface area contributed by atoms with E-state index in [2.05, 4.69) is 10.4 Å².